The Bertz CT molecular complexity index is 430. The van der Waals surface area contributed by atoms with E-state index in [2.05, 4.69) is 46.9 Å². The lowest BCUT2D eigenvalue weighted by atomic mass is 9.68. The zero-order chi connectivity index (χ0) is 14.9. The molecule has 1 N–H and O–H groups in total. The molecule has 3 heteroatoms. The second kappa shape index (κ2) is 6.15. The molecule has 1 saturated carbocycles. The van der Waals surface area contributed by atoms with Crippen molar-refractivity contribution in [2.75, 3.05) is 0 Å². The Morgan fingerprint density at radius 3 is 2.40 bits per heavy atom. The first kappa shape index (κ1) is 16.0. The second-order valence-corrected chi connectivity index (χ2v) is 8.23. The first-order valence-electron chi connectivity index (χ1n) is 8.09. The molecule has 1 aliphatic rings. The summed E-state index contributed by atoms with van der Waals surface area (Å²) >= 11 is 1.91. The van der Waals surface area contributed by atoms with Gasteiger partial charge in [-0.05, 0) is 52.4 Å². The largest absolute Gasteiger partial charge is 0.303 e. The molecule has 0 aromatic carbocycles. The maximum Gasteiger partial charge on any atom is 0.114 e. The van der Waals surface area contributed by atoms with Gasteiger partial charge in [-0.3, -0.25) is 0 Å². The van der Waals surface area contributed by atoms with Crippen molar-refractivity contribution in [2.45, 2.75) is 78.8 Å². The number of aryl methyl sites for hydroxylation is 2. The molecule has 0 amide bonds. The maximum absolute atomic E-state index is 4.95. The van der Waals surface area contributed by atoms with Crippen LogP contribution in [-0.4, -0.2) is 11.0 Å². The number of hydrogen-bond acceptors (Lipinski definition) is 3. The van der Waals surface area contributed by atoms with Gasteiger partial charge in [0.25, 0.3) is 0 Å². The zero-order valence-electron chi connectivity index (χ0n) is 13.9. The van der Waals surface area contributed by atoms with Gasteiger partial charge < -0.3 is 5.32 Å². The molecule has 1 aromatic rings. The molecule has 20 heavy (non-hydrogen) atoms. The molecule has 1 heterocycles. The van der Waals surface area contributed by atoms with Crippen LogP contribution in [0.4, 0.5) is 0 Å². The Labute approximate surface area is 128 Å². The van der Waals surface area contributed by atoms with E-state index in [0.717, 1.165) is 0 Å². The van der Waals surface area contributed by atoms with E-state index in [9.17, 15) is 0 Å². The van der Waals surface area contributed by atoms with Gasteiger partial charge in [-0.25, -0.2) is 4.98 Å². The van der Waals surface area contributed by atoms with E-state index in [1.165, 1.54) is 41.3 Å². The first-order chi connectivity index (χ1) is 9.36. The number of aromatic nitrogens is 1. The third-order valence-electron chi connectivity index (χ3n) is 4.73. The number of hydrogen-bond donors (Lipinski definition) is 1. The van der Waals surface area contributed by atoms with Gasteiger partial charge in [0.1, 0.15) is 5.01 Å². The van der Waals surface area contributed by atoms with Crippen LogP contribution in [0.1, 0.15) is 69.0 Å². The van der Waals surface area contributed by atoms with Crippen LogP contribution in [0.15, 0.2) is 0 Å². The minimum Gasteiger partial charge on any atom is -0.303 e. The Balaban J connectivity index is 2.47. The fourth-order valence-electron chi connectivity index (χ4n) is 3.79. The molecule has 2 rings (SSSR count). The highest BCUT2D eigenvalue weighted by Gasteiger charge is 2.45. The Morgan fingerprint density at radius 2 is 1.90 bits per heavy atom. The topological polar surface area (TPSA) is 24.9 Å². The SMILES string of the molecule is Cc1nc(C2(NC(C)C)CCCCC2C(C)C)sc1C. The third-order valence-corrected chi connectivity index (χ3v) is 5.98. The van der Waals surface area contributed by atoms with E-state index < -0.39 is 0 Å². The van der Waals surface area contributed by atoms with Crippen LogP contribution >= 0.6 is 11.3 Å². The van der Waals surface area contributed by atoms with Gasteiger partial charge in [0.05, 0.1) is 11.2 Å². The van der Waals surface area contributed by atoms with Crippen molar-refractivity contribution in [1.82, 2.24) is 10.3 Å². The Morgan fingerprint density at radius 1 is 1.20 bits per heavy atom. The molecule has 114 valence electrons. The summed E-state index contributed by atoms with van der Waals surface area (Å²) in [6.45, 7) is 13.6. The van der Waals surface area contributed by atoms with Crippen molar-refractivity contribution in [3.8, 4) is 0 Å². The van der Waals surface area contributed by atoms with Gasteiger partial charge in [-0.2, -0.15) is 0 Å². The minimum atomic E-state index is 0.101. The molecule has 0 aliphatic heterocycles. The van der Waals surface area contributed by atoms with Crippen LogP contribution in [0, 0.1) is 25.7 Å². The van der Waals surface area contributed by atoms with Crippen LogP contribution in [0.25, 0.3) is 0 Å². The monoisotopic (exact) mass is 294 g/mol. The lowest BCUT2D eigenvalue weighted by Gasteiger charge is -2.47. The average molecular weight is 295 g/mol. The third kappa shape index (κ3) is 2.94. The Kier molecular flexibility index (Phi) is 4.91. The van der Waals surface area contributed by atoms with E-state index in [0.29, 0.717) is 17.9 Å². The van der Waals surface area contributed by atoms with Gasteiger partial charge >= 0.3 is 0 Å². The summed E-state index contributed by atoms with van der Waals surface area (Å²) in [4.78, 5) is 6.32. The smallest absolute Gasteiger partial charge is 0.114 e. The van der Waals surface area contributed by atoms with Crippen molar-refractivity contribution >= 4 is 11.3 Å². The first-order valence-corrected chi connectivity index (χ1v) is 8.90. The molecule has 0 spiro atoms. The number of rotatable bonds is 4. The highest BCUT2D eigenvalue weighted by molar-refractivity contribution is 7.11. The van der Waals surface area contributed by atoms with Crippen molar-refractivity contribution < 1.29 is 0 Å². The zero-order valence-corrected chi connectivity index (χ0v) is 14.7. The van der Waals surface area contributed by atoms with Crippen molar-refractivity contribution in [3.63, 3.8) is 0 Å². The van der Waals surface area contributed by atoms with E-state index in [1.807, 2.05) is 11.3 Å². The van der Waals surface area contributed by atoms with Gasteiger partial charge in [-0.1, -0.05) is 26.7 Å². The number of thiazole rings is 1. The highest BCUT2D eigenvalue weighted by Crippen LogP contribution is 2.47. The summed E-state index contributed by atoms with van der Waals surface area (Å²) in [5.41, 5.74) is 1.31. The molecule has 0 bridgehead atoms. The second-order valence-electron chi connectivity index (χ2n) is 7.03. The fourth-order valence-corrected chi connectivity index (χ4v) is 4.95. The van der Waals surface area contributed by atoms with Crippen molar-refractivity contribution in [2.24, 2.45) is 11.8 Å². The molecular weight excluding hydrogens is 264 g/mol. The van der Waals surface area contributed by atoms with Gasteiger partial charge in [0.15, 0.2) is 0 Å². The Hall–Kier alpha value is -0.410. The maximum atomic E-state index is 4.95. The highest BCUT2D eigenvalue weighted by atomic mass is 32.1. The summed E-state index contributed by atoms with van der Waals surface area (Å²) in [5.74, 6) is 1.40. The quantitative estimate of drug-likeness (QED) is 0.863. The summed E-state index contributed by atoms with van der Waals surface area (Å²) in [5, 5.41) is 5.26. The summed E-state index contributed by atoms with van der Waals surface area (Å²) < 4.78 is 0. The fraction of sp³-hybridized carbons (Fsp3) is 0.824. The number of nitrogens with one attached hydrogen (secondary N) is 1. The van der Waals surface area contributed by atoms with E-state index >= 15 is 0 Å². The normalized spacial score (nSPS) is 27.5. The van der Waals surface area contributed by atoms with E-state index in [-0.39, 0.29) is 5.54 Å². The lowest BCUT2D eigenvalue weighted by molar-refractivity contribution is 0.0909. The van der Waals surface area contributed by atoms with Gasteiger partial charge in [0.2, 0.25) is 0 Å². The molecule has 1 aromatic heterocycles. The standard InChI is InChI=1S/C17H30N2S/c1-11(2)15-9-7-8-10-17(15,19-12(3)4)16-18-13(5)14(6)20-16/h11-12,15,19H,7-10H2,1-6H3. The molecule has 2 atom stereocenters. The number of nitrogens with zero attached hydrogens (tertiary/aromatic N) is 1. The predicted octanol–water partition coefficient (Wildman–Crippen LogP) is 4.80. The van der Waals surface area contributed by atoms with E-state index in [1.54, 1.807) is 0 Å². The van der Waals surface area contributed by atoms with Crippen LogP contribution in [-0.2, 0) is 5.54 Å². The molecule has 2 unspecified atom stereocenters. The molecule has 2 nitrogen and oxygen atoms in total. The molecule has 1 fully saturated rings. The van der Waals surface area contributed by atoms with Crippen LogP contribution < -0.4 is 5.32 Å². The molecular formula is C17H30N2S. The molecule has 0 saturated heterocycles. The molecule has 0 radical (unpaired) electrons. The van der Waals surface area contributed by atoms with Gasteiger partial charge in [0, 0.05) is 10.9 Å². The summed E-state index contributed by atoms with van der Waals surface area (Å²) in [6, 6.07) is 0.499. The molecule has 1 aliphatic carbocycles. The van der Waals surface area contributed by atoms with Crippen LogP contribution in [0.5, 0.6) is 0 Å². The van der Waals surface area contributed by atoms with Crippen LogP contribution in [0.3, 0.4) is 0 Å². The average Bonchev–Trinajstić information content (AvgIpc) is 2.69. The predicted molar refractivity (Wildman–Crippen MR) is 88.3 cm³/mol. The van der Waals surface area contributed by atoms with Crippen molar-refractivity contribution in [1.29, 1.82) is 0 Å². The van der Waals surface area contributed by atoms with E-state index in [4.69, 9.17) is 4.98 Å². The lowest BCUT2D eigenvalue weighted by Crippen LogP contribution is -2.54. The minimum absolute atomic E-state index is 0.101. The summed E-state index contributed by atoms with van der Waals surface area (Å²) in [7, 11) is 0. The van der Waals surface area contributed by atoms with Gasteiger partial charge in [-0.15, -0.1) is 11.3 Å². The summed E-state index contributed by atoms with van der Waals surface area (Å²) in [6.07, 6.45) is 5.25. The van der Waals surface area contributed by atoms with Crippen molar-refractivity contribution in [3.05, 3.63) is 15.6 Å². The van der Waals surface area contributed by atoms with Crippen LogP contribution in [0.2, 0.25) is 0 Å².